The Morgan fingerprint density at radius 3 is 1.94 bits per heavy atom. The topological polar surface area (TPSA) is 26.0 Å². The molecule has 0 radical (unpaired) electrons. The summed E-state index contributed by atoms with van der Waals surface area (Å²) < 4.78 is 52.3. The fourth-order valence-corrected chi connectivity index (χ4v) is 1.69. The minimum absolute atomic E-state index is 0.0265. The molecule has 0 fully saturated rings. The van der Waals surface area contributed by atoms with Crippen molar-refractivity contribution in [3.05, 3.63) is 70.8 Å². The van der Waals surface area contributed by atoms with Crippen LogP contribution in [0.2, 0.25) is 0 Å². The molecule has 0 aliphatic carbocycles. The second kappa shape index (κ2) is 4.78. The van der Waals surface area contributed by atoms with Crippen LogP contribution in [-0.4, -0.2) is 0 Å². The van der Waals surface area contributed by atoms with E-state index < -0.39 is 29.3 Å². The normalized spacial score (nSPS) is 12.5. The molecule has 18 heavy (non-hydrogen) atoms. The number of hydrogen-bond donors (Lipinski definition) is 1. The quantitative estimate of drug-likeness (QED) is 0.819. The third-order valence-electron chi connectivity index (χ3n) is 2.54. The molecule has 2 rings (SSSR count). The first kappa shape index (κ1) is 12.6. The third-order valence-corrected chi connectivity index (χ3v) is 2.54. The van der Waals surface area contributed by atoms with Gasteiger partial charge in [-0.05, 0) is 23.8 Å². The number of halogens is 4. The first-order valence-corrected chi connectivity index (χ1v) is 5.14. The van der Waals surface area contributed by atoms with Gasteiger partial charge in [-0.2, -0.15) is 0 Å². The van der Waals surface area contributed by atoms with Crippen LogP contribution in [0.15, 0.2) is 36.4 Å². The fourth-order valence-electron chi connectivity index (χ4n) is 1.69. The predicted molar refractivity (Wildman–Crippen MR) is 58.7 cm³/mol. The lowest BCUT2D eigenvalue weighted by atomic mass is 9.99. The zero-order chi connectivity index (χ0) is 13.3. The Morgan fingerprint density at radius 1 is 0.778 bits per heavy atom. The SMILES string of the molecule is NC(c1cc(F)cc(F)c1)c1ccc(F)cc1F. The predicted octanol–water partition coefficient (Wildman–Crippen LogP) is 3.29. The maximum absolute atomic E-state index is 13.5. The molecule has 94 valence electrons. The van der Waals surface area contributed by atoms with E-state index in [9.17, 15) is 17.6 Å². The highest BCUT2D eigenvalue weighted by molar-refractivity contribution is 5.33. The van der Waals surface area contributed by atoms with E-state index in [1.54, 1.807) is 0 Å². The summed E-state index contributed by atoms with van der Waals surface area (Å²) in [5, 5.41) is 0. The van der Waals surface area contributed by atoms with E-state index in [1.165, 1.54) is 0 Å². The van der Waals surface area contributed by atoms with Gasteiger partial charge in [0.05, 0.1) is 6.04 Å². The molecule has 0 aromatic heterocycles. The van der Waals surface area contributed by atoms with Gasteiger partial charge in [-0.3, -0.25) is 0 Å². The van der Waals surface area contributed by atoms with Crippen molar-refractivity contribution in [3.63, 3.8) is 0 Å². The molecular weight excluding hydrogens is 246 g/mol. The van der Waals surface area contributed by atoms with Gasteiger partial charge in [0.25, 0.3) is 0 Å². The highest BCUT2D eigenvalue weighted by Crippen LogP contribution is 2.24. The highest BCUT2D eigenvalue weighted by atomic mass is 19.1. The molecule has 0 aliphatic heterocycles. The van der Waals surface area contributed by atoms with Gasteiger partial charge in [-0.15, -0.1) is 0 Å². The van der Waals surface area contributed by atoms with E-state index in [-0.39, 0.29) is 11.1 Å². The molecule has 0 aliphatic rings. The van der Waals surface area contributed by atoms with Crippen LogP contribution in [0.4, 0.5) is 17.6 Å². The van der Waals surface area contributed by atoms with Gasteiger partial charge >= 0.3 is 0 Å². The molecule has 0 saturated carbocycles. The van der Waals surface area contributed by atoms with E-state index >= 15 is 0 Å². The second-order valence-corrected chi connectivity index (χ2v) is 3.85. The molecular formula is C13H9F4N. The first-order chi connectivity index (χ1) is 8.47. The number of rotatable bonds is 2. The Kier molecular flexibility index (Phi) is 3.34. The summed E-state index contributed by atoms with van der Waals surface area (Å²) in [5.41, 5.74) is 5.76. The lowest BCUT2D eigenvalue weighted by molar-refractivity contribution is 0.559. The Hall–Kier alpha value is -1.88. The molecule has 0 heterocycles. The smallest absolute Gasteiger partial charge is 0.131 e. The molecule has 0 amide bonds. The van der Waals surface area contributed by atoms with Crippen molar-refractivity contribution in [3.8, 4) is 0 Å². The Bertz CT molecular complexity index is 563. The summed E-state index contributed by atoms with van der Waals surface area (Å²) in [5.74, 6) is -3.20. The van der Waals surface area contributed by atoms with Crippen LogP contribution in [0.5, 0.6) is 0 Å². The molecule has 0 spiro atoms. The van der Waals surface area contributed by atoms with Crippen LogP contribution in [0.1, 0.15) is 17.2 Å². The summed E-state index contributed by atoms with van der Waals surface area (Å²) >= 11 is 0. The van der Waals surface area contributed by atoms with Crippen LogP contribution in [-0.2, 0) is 0 Å². The van der Waals surface area contributed by atoms with Crippen molar-refractivity contribution in [1.82, 2.24) is 0 Å². The van der Waals surface area contributed by atoms with Gasteiger partial charge < -0.3 is 5.73 Å². The maximum Gasteiger partial charge on any atom is 0.131 e. The minimum Gasteiger partial charge on any atom is -0.320 e. The van der Waals surface area contributed by atoms with Crippen LogP contribution >= 0.6 is 0 Å². The zero-order valence-electron chi connectivity index (χ0n) is 9.13. The molecule has 2 aromatic carbocycles. The molecule has 1 atom stereocenters. The van der Waals surface area contributed by atoms with Crippen molar-refractivity contribution < 1.29 is 17.6 Å². The van der Waals surface area contributed by atoms with Crippen molar-refractivity contribution in [2.45, 2.75) is 6.04 Å². The summed E-state index contributed by atoms with van der Waals surface area (Å²) in [7, 11) is 0. The van der Waals surface area contributed by atoms with Crippen molar-refractivity contribution in [1.29, 1.82) is 0 Å². The molecule has 2 N–H and O–H groups in total. The summed E-state index contributed by atoms with van der Waals surface area (Å²) in [6, 6.07) is 4.51. The molecule has 0 bridgehead atoms. The molecule has 1 unspecified atom stereocenters. The molecule has 1 nitrogen and oxygen atoms in total. The van der Waals surface area contributed by atoms with Gasteiger partial charge in [0.2, 0.25) is 0 Å². The van der Waals surface area contributed by atoms with E-state index in [2.05, 4.69) is 0 Å². The van der Waals surface area contributed by atoms with Crippen molar-refractivity contribution in [2.24, 2.45) is 5.73 Å². The van der Waals surface area contributed by atoms with Crippen LogP contribution in [0.25, 0.3) is 0 Å². The zero-order valence-corrected chi connectivity index (χ0v) is 9.13. The van der Waals surface area contributed by atoms with Gasteiger partial charge in [0.15, 0.2) is 0 Å². The standard InChI is InChI=1S/C13H9F4N/c14-8-1-2-11(12(17)6-8)13(18)7-3-9(15)5-10(16)4-7/h1-6,13H,18H2. The largest absolute Gasteiger partial charge is 0.320 e. The number of nitrogens with two attached hydrogens (primary N) is 1. The monoisotopic (exact) mass is 255 g/mol. The van der Waals surface area contributed by atoms with Gasteiger partial charge in [-0.25, -0.2) is 17.6 Å². The lowest BCUT2D eigenvalue weighted by Gasteiger charge is -2.13. The summed E-state index contributed by atoms with van der Waals surface area (Å²) in [4.78, 5) is 0. The van der Waals surface area contributed by atoms with Crippen LogP contribution in [0, 0.1) is 23.3 Å². The van der Waals surface area contributed by atoms with E-state index in [0.29, 0.717) is 12.1 Å². The average molecular weight is 255 g/mol. The van der Waals surface area contributed by atoms with Crippen molar-refractivity contribution in [2.75, 3.05) is 0 Å². The van der Waals surface area contributed by atoms with Gasteiger partial charge in [-0.1, -0.05) is 6.07 Å². The van der Waals surface area contributed by atoms with E-state index in [4.69, 9.17) is 5.73 Å². The highest BCUT2D eigenvalue weighted by Gasteiger charge is 2.15. The Morgan fingerprint density at radius 2 is 1.39 bits per heavy atom. The minimum atomic E-state index is -1.06. The first-order valence-electron chi connectivity index (χ1n) is 5.14. The van der Waals surface area contributed by atoms with Gasteiger partial charge in [0, 0.05) is 17.7 Å². The second-order valence-electron chi connectivity index (χ2n) is 3.85. The fraction of sp³-hybridized carbons (Fsp3) is 0.0769. The number of hydrogen-bond acceptors (Lipinski definition) is 1. The van der Waals surface area contributed by atoms with Crippen LogP contribution in [0.3, 0.4) is 0 Å². The molecule has 5 heteroatoms. The summed E-state index contributed by atoms with van der Waals surface area (Å²) in [6.07, 6.45) is 0. The third kappa shape index (κ3) is 2.51. The summed E-state index contributed by atoms with van der Waals surface area (Å²) in [6.45, 7) is 0. The maximum atomic E-state index is 13.5. The number of benzene rings is 2. The van der Waals surface area contributed by atoms with Crippen molar-refractivity contribution >= 4 is 0 Å². The van der Waals surface area contributed by atoms with E-state index in [1.807, 2.05) is 0 Å². The van der Waals surface area contributed by atoms with Crippen LogP contribution < -0.4 is 5.73 Å². The Balaban J connectivity index is 2.44. The van der Waals surface area contributed by atoms with E-state index in [0.717, 1.165) is 24.3 Å². The lowest BCUT2D eigenvalue weighted by Crippen LogP contribution is -2.14. The molecule has 2 aromatic rings. The Labute approximate surface area is 101 Å². The van der Waals surface area contributed by atoms with Gasteiger partial charge in [0.1, 0.15) is 23.3 Å². The molecule has 0 saturated heterocycles. The average Bonchev–Trinajstić information content (AvgIpc) is 2.26.